The van der Waals surface area contributed by atoms with E-state index in [0.717, 1.165) is 24.3 Å². The number of halogens is 6. The summed E-state index contributed by atoms with van der Waals surface area (Å²) in [5.74, 6) is 0. The van der Waals surface area contributed by atoms with Crippen molar-refractivity contribution in [3.63, 3.8) is 0 Å². The molecule has 220 valence electrons. The van der Waals surface area contributed by atoms with Crippen LogP contribution in [0, 0.1) is 0 Å². The van der Waals surface area contributed by atoms with Crippen LogP contribution < -0.4 is 0 Å². The van der Waals surface area contributed by atoms with Gasteiger partial charge in [0.25, 0.3) is 0 Å². The van der Waals surface area contributed by atoms with Gasteiger partial charge in [-0.15, -0.1) is 11.8 Å². The molecule has 0 radical (unpaired) electrons. The first kappa shape index (κ1) is 30.8. The monoisotopic (exact) mass is 599 g/mol. The molecule has 1 N–H and O–H groups in total. The molecule has 0 spiro atoms. The van der Waals surface area contributed by atoms with Crippen LogP contribution in [0.15, 0.2) is 79.4 Å². The number of aromatic nitrogens is 3. The average molecular weight is 600 g/mol. The van der Waals surface area contributed by atoms with E-state index in [0.29, 0.717) is 24.3 Å². The molecule has 0 unspecified atom stereocenters. The van der Waals surface area contributed by atoms with Crippen molar-refractivity contribution in [3.05, 3.63) is 102 Å². The molecule has 6 nitrogen and oxygen atoms in total. The van der Waals surface area contributed by atoms with Crippen molar-refractivity contribution in [2.75, 3.05) is 13.2 Å². The molecule has 4 rings (SSSR count). The first-order chi connectivity index (χ1) is 19.3. The van der Waals surface area contributed by atoms with Gasteiger partial charge in [-0.25, -0.2) is 9.67 Å². The van der Waals surface area contributed by atoms with Gasteiger partial charge in [-0.2, -0.15) is 31.4 Å². The number of allylic oxidation sites excluding steroid dienone is 2. The summed E-state index contributed by atoms with van der Waals surface area (Å²) < 4.78 is 90.2. The van der Waals surface area contributed by atoms with E-state index >= 15 is 0 Å². The maximum Gasteiger partial charge on any atom is 0.416 e. The second kappa shape index (κ2) is 12.8. The van der Waals surface area contributed by atoms with Crippen LogP contribution in [0.2, 0.25) is 0 Å². The van der Waals surface area contributed by atoms with E-state index < -0.39 is 40.6 Å². The van der Waals surface area contributed by atoms with Crippen LogP contribution in [-0.4, -0.2) is 49.9 Å². The molecule has 13 heteroatoms. The number of alkyl halides is 6. The van der Waals surface area contributed by atoms with Gasteiger partial charge in [-0.05, 0) is 41.5 Å². The van der Waals surface area contributed by atoms with E-state index in [4.69, 9.17) is 9.47 Å². The first-order valence-electron chi connectivity index (χ1n) is 12.5. The molecule has 2 aromatic carbocycles. The third-order valence-electron chi connectivity index (χ3n) is 6.45. The maximum absolute atomic E-state index is 13.1. The highest BCUT2D eigenvalue weighted by atomic mass is 32.2. The Bertz CT molecular complexity index is 1300. The van der Waals surface area contributed by atoms with E-state index in [-0.39, 0.29) is 11.8 Å². The number of hydrogen-bond donors (Lipinski definition) is 1. The van der Waals surface area contributed by atoms with Crippen LogP contribution in [0.3, 0.4) is 0 Å². The third-order valence-corrected chi connectivity index (χ3v) is 7.90. The first-order valence-corrected chi connectivity index (χ1v) is 13.4. The number of nitrogens with zero attached hydrogens (tertiary/aromatic N) is 3. The number of aliphatic hydroxyl groups is 1. The molecule has 1 aliphatic rings. The lowest BCUT2D eigenvalue weighted by molar-refractivity contribution is -0.146. The topological polar surface area (TPSA) is 69.4 Å². The van der Waals surface area contributed by atoms with Crippen molar-refractivity contribution >= 4 is 17.8 Å². The number of hydrogen-bond acceptors (Lipinski definition) is 6. The van der Waals surface area contributed by atoms with Crippen molar-refractivity contribution < 1.29 is 40.9 Å². The Hall–Kier alpha value is -3.13. The Balaban J connectivity index is 1.34. The number of thioether (sulfide) groups is 1. The van der Waals surface area contributed by atoms with Crippen LogP contribution in [0.1, 0.15) is 29.2 Å². The zero-order chi connectivity index (χ0) is 29.7. The van der Waals surface area contributed by atoms with Gasteiger partial charge >= 0.3 is 12.4 Å². The highest BCUT2D eigenvalue weighted by Gasteiger charge is 2.40. The Kier molecular flexibility index (Phi) is 9.62. The van der Waals surface area contributed by atoms with Crippen LogP contribution in [0.25, 0.3) is 6.08 Å². The summed E-state index contributed by atoms with van der Waals surface area (Å²) in [6.45, 7) is 2.33. The summed E-state index contributed by atoms with van der Waals surface area (Å²) in [4.78, 5) is 3.88. The lowest BCUT2D eigenvalue weighted by atomic mass is 9.90. The summed E-state index contributed by atoms with van der Waals surface area (Å²) in [5, 5.41) is 15.1. The van der Waals surface area contributed by atoms with Crippen molar-refractivity contribution in [1.82, 2.24) is 14.8 Å². The minimum atomic E-state index is -4.50. The summed E-state index contributed by atoms with van der Waals surface area (Å²) in [6.07, 6.45) is -0.157. The molecule has 2 heterocycles. The fourth-order valence-electron chi connectivity index (χ4n) is 4.16. The molecule has 0 bridgehead atoms. The highest BCUT2D eigenvalue weighted by Crippen LogP contribution is 2.39. The van der Waals surface area contributed by atoms with Crippen molar-refractivity contribution in [2.45, 2.75) is 48.2 Å². The predicted molar refractivity (Wildman–Crippen MR) is 142 cm³/mol. The molecule has 1 saturated heterocycles. The molecule has 2 atom stereocenters. The lowest BCUT2D eigenvalue weighted by Crippen LogP contribution is -2.43. The lowest BCUT2D eigenvalue weighted by Gasteiger charge is -2.37. The van der Waals surface area contributed by atoms with E-state index in [1.165, 1.54) is 53.4 Å². The molecule has 3 aromatic rings. The minimum Gasteiger partial charge on any atom is -0.382 e. The van der Waals surface area contributed by atoms with Crippen molar-refractivity contribution in [3.8, 4) is 0 Å². The quantitative estimate of drug-likeness (QED) is 0.229. The van der Waals surface area contributed by atoms with Gasteiger partial charge in [-0.3, -0.25) is 0 Å². The zero-order valence-electron chi connectivity index (χ0n) is 21.7. The van der Waals surface area contributed by atoms with Crippen LogP contribution in [0.5, 0.6) is 0 Å². The van der Waals surface area contributed by atoms with Crippen LogP contribution in [0.4, 0.5) is 26.3 Å². The standard InChI is InChI=1S/C28H27F6N3O3S/c1-19(26(38,16-37-18-35-17-36-37)21-10-12-23(13-11-21)28(32,33)34)41-24-14-39-25(40-15-24)5-3-2-4-20-6-8-22(9-7-20)27(29,30)31/h2-13,17-19,24-25,38H,14-16H2,1H3/t19-,24-,25-,26-/m1/s1. The zero-order valence-corrected chi connectivity index (χ0v) is 22.5. The van der Waals surface area contributed by atoms with Gasteiger partial charge in [0, 0.05) is 5.25 Å². The molecule has 1 aromatic heterocycles. The van der Waals surface area contributed by atoms with E-state index in [2.05, 4.69) is 10.1 Å². The second-order valence-corrected chi connectivity index (χ2v) is 11.0. The van der Waals surface area contributed by atoms with Gasteiger partial charge in [0.2, 0.25) is 0 Å². The Morgan fingerprint density at radius 3 is 2.02 bits per heavy atom. The average Bonchev–Trinajstić information content (AvgIpc) is 3.44. The SMILES string of the molecule is C[C@@H](S[C@H]1CO[C@H](C=CC=Cc2ccc(C(F)(F)F)cc2)OC1)[C@](O)(Cn1cncn1)c1ccc(C(F)(F)F)cc1. The molecular weight excluding hydrogens is 572 g/mol. The smallest absolute Gasteiger partial charge is 0.382 e. The van der Waals surface area contributed by atoms with Gasteiger partial charge in [-0.1, -0.05) is 49.4 Å². The Morgan fingerprint density at radius 1 is 0.927 bits per heavy atom. The molecule has 1 fully saturated rings. The van der Waals surface area contributed by atoms with Gasteiger partial charge in [0.1, 0.15) is 18.3 Å². The van der Waals surface area contributed by atoms with Crippen molar-refractivity contribution in [2.24, 2.45) is 0 Å². The van der Waals surface area contributed by atoms with Gasteiger partial charge in [0.15, 0.2) is 6.29 Å². The van der Waals surface area contributed by atoms with Crippen LogP contribution >= 0.6 is 11.8 Å². The number of ether oxygens (including phenoxy) is 2. The summed E-state index contributed by atoms with van der Waals surface area (Å²) in [7, 11) is 0. The molecule has 1 aliphatic heterocycles. The van der Waals surface area contributed by atoms with E-state index in [9.17, 15) is 31.4 Å². The largest absolute Gasteiger partial charge is 0.416 e. The fourth-order valence-corrected chi connectivity index (χ4v) is 5.49. The minimum absolute atomic E-state index is 0.0302. The summed E-state index contributed by atoms with van der Waals surface area (Å²) >= 11 is 1.38. The van der Waals surface area contributed by atoms with Crippen LogP contribution in [-0.2, 0) is 34.0 Å². The highest BCUT2D eigenvalue weighted by molar-refractivity contribution is 8.00. The predicted octanol–water partition coefficient (Wildman–Crippen LogP) is 6.34. The second-order valence-electron chi connectivity index (χ2n) is 9.39. The molecule has 0 saturated carbocycles. The normalized spacial score (nSPS) is 20.9. The Labute approximate surface area is 236 Å². The third kappa shape index (κ3) is 8.22. The maximum atomic E-state index is 13.1. The van der Waals surface area contributed by atoms with E-state index in [1.807, 2.05) is 0 Å². The summed E-state index contributed by atoms with van der Waals surface area (Å²) in [6, 6.07) is 9.19. The summed E-state index contributed by atoms with van der Waals surface area (Å²) in [5.41, 5.74) is -2.20. The molecule has 0 aliphatic carbocycles. The number of benzene rings is 2. The molecular formula is C28H27F6N3O3S. The van der Waals surface area contributed by atoms with Gasteiger partial charge in [0.05, 0.1) is 36.1 Å². The Morgan fingerprint density at radius 2 is 1.49 bits per heavy atom. The van der Waals surface area contributed by atoms with E-state index in [1.54, 1.807) is 31.2 Å². The fraction of sp³-hybridized carbons (Fsp3) is 0.357. The van der Waals surface area contributed by atoms with Crippen molar-refractivity contribution in [1.29, 1.82) is 0 Å². The molecule has 0 amide bonds. The molecule has 41 heavy (non-hydrogen) atoms. The van der Waals surface area contributed by atoms with Gasteiger partial charge < -0.3 is 14.6 Å². The number of rotatable bonds is 9.